The Morgan fingerprint density at radius 1 is 1.08 bits per heavy atom. The number of amides is 1. The van der Waals surface area contributed by atoms with E-state index in [1.165, 1.54) is 0 Å². The number of nitrogens with one attached hydrogen (secondary N) is 2. The van der Waals surface area contributed by atoms with E-state index in [1.807, 2.05) is 75.4 Å². The zero-order valence-electron chi connectivity index (χ0n) is 21.4. The van der Waals surface area contributed by atoms with Crippen LogP contribution in [0.2, 0.25) is 0 Å². The summed E-state index contributed by atoms with van der Waals surface area (Å²) in [4.78, 5) is 13.6. The highest BCUT2D eigenvalue weighted by Crippen LogP contribution is 2.43. The maximum atomic E-state index is 13.6. The molecule has 0 spiro atoms. The van der Waals surface area contributed by atoms with E-state index in [4.69, 9.17) is 9.47 Å². The standard InChI is InChI=1S/C28H27BrN6O3/c1-16-8-10-21(11-9-16)31-27(36)24-18(3)30-28-32-33-34-35(28)25(24)20-13-22(29)26(23(14-20)37-4)38-15-19-7-5-6-17(2)12-19/h5-14,25H,15H2,1-4H3,(H,31,36)(H,30,32,34). The number of fused-ring (bicyclic) bond motifs is 1. The average Bonchev–Trinajstić information content (AvgIpc) is 3.36. The molecule has 9 nitrogen and oxygen atoms in total. The molecule has 1 aliphatic rings. The van der Waals surface area contributed by atoms with Crippen LogP contribution >= 0.6 is 15.9 Å². The van der Waals surface area contributed by atoms with E-state index in [-0.39, 0.29) is 5.91 Å². The molecule has 1 amide bonds. The van der Waals surface area contributed by atoms with Crippen LogP contribution in [0, 0.1) is 13.8 Å². The molecule has 10 heteroatoms. The summed E-state index contributed by atoms with van der Waals surface area (Å²) >= 11 is 3.66. The van der Waals surface area contributed by atoms with Gasteiger partial charge in [0.25, 0.3) is 5.91 Å². The van der Waals surface area contributed by atoms with E-state index < -0.39 is 6.04 Å². The Morgan fingerprint density at radius 2 is 1.87 bits per heavy atom. The molecule has 0 saturated heterocycles. The second-order valence-corrected chi connectivity index (χ2v) is 10.00. The van der Waals surface area contributed by atoms with Gasteiger partial charge in [0.1, 0.15) is 12.6 Å². The highest BCUT2D eigenvalue weighted by molar-refractivity contribution is 9.10. The minimum atomic E-state index is -0.609. The number of carbonyl (C=O) groups is 1. The number of allylic oxidation sites excluding steroid dienone is 1. The number of methoxy groups -OCH3 is 1. The molecular formula is C28H27BrN6O3. The van der Waals surface area contributed by atoms with Gasteiger partial charge in [-0.15, -0.1) is 0 Å². The van der Waals surface area contributed by atoms with Gasteiger partial charge in [0.15, 0.2) is 11.5 Å². The number of tetrazole rings is 1. The molecule has 1 aliphatic heterocycles. The monoisotopic (exact) mass is 574 g/mol. The first kappa shape index (κ1) is 25.5. The molecular weight excluding hydrogens is 548 g/mol. The Labute approximate surface area is 229 Å². The Kier molecular flexibility index (Phi) is 7.15. The van der Waals surface area contributed by atoms with E-state index in [0.29, 0.717) is 45.5 Å². The Morgan fingerprint density at radius 3 is 2.61 bits per heavy atom. The Bertz CT molecular complexity index is 1530. The van der Waals surface area contributed by atoms with Gasteiger partial charge in [-0.2, -0.15) is 4.68 Å². The number of aromatic nitrogens is 4. The van der Waals surface area contributed by atoms with Crippen molar-refractivity contribution in [3.8, 4) is 11.5 Å². The first-order valence-corrected chi connectivity index (χ1v) is 12.8. The number of carbonyl (C=O) groups excluding carboxylic acids is 1. The quantitative estimate of drug-likeness (QED) is 0.297. The third-order valence-electron chi connectivity index (χ3n) is 6.30. The van der Waals surface area contributed by atoms with Crippen molar-refractivity contribution in [3.05, 3.63) is 98.7 Å². The summed E-state index contributed by atoms with van der Waals surface area (Å²) in [5.41, 5.74) is 5.89. The SMILES string of the molecule is COc1cc(C2C(C(=O)Nc3ccc(C)cc3)=C(C)Nc3nnnn32)cc(Br)c1OCc1cccc(C)c1. The molecule has 0 saturated carbocycles. The van der Waals surface area contributed by atoms with E-state index in [1.54, 1.807) is 11.8 Å². The van der Waals surface area contributed by atoms with Crippen molar-refractivity contribution in [2.45, 2.75) is 33.4 Å². The van der Waals surface area contributed by atoms with Crippen molar-refractivity contribution in [2.75, 3.05) is 17.7 Å². The molecule has 1 unspecified atom stereocenters. The largest absolute Gasteiger partial charge is 0.493 e. The van der Waals surface area contributed by atoms with Crippen LogP contribution in [0.5, 0.6) is 11.5 Å². The van der Waals surface area contributed by atoms with Gasteiger partial charge in [-0.25, -0.2) is 0 Å². The number of ether oxygens (including phenoxy) is 2. The molecule has 2 N–H and O–H groups in total. The molecule has 1 aromatic heterocycles. The number of aryl methyl sites for hydroxylation is 2. The molecule has 0 aliphatic carbocycles. The fourth-order valence-corrected chi connectivity index (χ4v) is 5.02. The van der Waals surface area contributed by atoms with Crippen LogP contribution in [0.1, 0.15) is 35.2 Å². The molecule has 0 radical (unpaired) electrons. The summed E-state index contributed by atoms with van der Waals surface area (Å²) in [7, 11) is 1.59. The van der Waals surface area contributed by atoms with Crippen LogP contribution in [-0.4, -0.2) is 33.2 Å². The minimum absolute atomic E-state index is 0.264. The summed E-state index contributed by atoms with van der Waals surface area (Å²) in [5.74, 6) is 1.26. The van der Waals surface area contributed by atoms with E-state index >= 15 is 0 Å². The highest BCUT2D eigenvalue weighted by atomic mass is 79.9. The molecule has 3 aromatic carbocycles. The van der Waals surface area contributed by atoms with Crippen LogP contribution in [0.15, 0.2) is 76.4 Å². The topological polar surface area (TPSA) is 103 Å². The second-order valence-electron chi connectivity index (χ2n) is 9.15. The molecule has 38 heavy (non-hydrogen) atoms. The lowest BCUT2D eigenvalue weighted by Gasteiger charge is -2.28. The van der Waals surface area contributed by atoms with Gasteiger partial charge in [-0.3, -0.25) is 4.79 Å². The lowest BCUT2D eigenvalue weighted by Crippen LogP contribution is -2.31. The lowest BCUT2D eigenvalue weighted by atomic mass is 9.94. The average molecular weight is 575 g/mol. The second kappa shape index (κ2) is 10.7. The van der Waals surface area contributed by atoms with Crippen molar-refractivity contribution < 1.29 is 14.3 Å². The molecule has 0 fully saturated rings. The number of rotatable bonds is 7. The molecule has 5 rings (SSSR count). The molecule has 194 valence electrons. The minimum Gasteiger partial charge on any atom is -0.493 e. The maximum Gasteiger partial charge on any atom is 0.255 e. The van der Waals surface area contributed by atoms with E-state index in [2.05, 4.69) is 48.2 Å². The fraction of sp³-hybridized carbons (Fsp3) is 0.214. The lowest BCUT2D eigenvalue weighted by molar-refractivity contribution is -0.113. The molecule has 2 heterocycles. The van der Waals surface area contributed by atoms with Gasteiger partial charge in [0, 0.05) is 11.4 Å². The predicted molar refractivity (Wildman–Crippen MR) is 148 cm³/mol. The first-order valence-electron chi connectivity index (χ1n) is 12.0. The van der Waals surface area contributed by atoms with Gasteiger partial charge >= 0.3 is 0 Å². The van der Waals surface area contributed by atoms with Crippen molar-refractivity contribution >= 4 is 33.5 Å². The molecule has 4 aromatic rings. The van der Waals surface area contributed by atoms with Gasteiger partial charge in [-0.05, 0) is 82.5 Å². The fourth-order valence-electron chi connectivity index (χ4n) is 4.45. The number of hydrogen-bond donors (Lipinski definition) is 2. The number of benzene rings is 3. The normalized spacial score (nSPS) is 14.5. The van der Waals surface area contributed by atoms with Crippen LogP contribution in [-0.2, 0) is 11.4 Å². The smallest absolute Gasteiger partial charge is 0.255 e. The zero-order valence-corrected chi connectivity index (χ0v) is 23.0. The van der Waals surface area contributed by atoms with Crippen molar-refractivity contribution in [1.82, 2.24) is 20.2 Å². The van der Waals surface area contributed by atoms with Crippen LogP contribution in [0.25, 0.3) is 0 Å². The van der Waals surface area contributed by atoms with Crippen LogP contribution in [0.4, 0.5) is 11.6 Å². The van der Waals surface area contributed by atoms with Crippen molar-refractivity contribution in [2.24, 2.45) is 0 Å². The van der Waals surface area contributed by atoms with Gasteiger partial charge in [-0.1, -0.05) is 52.6 Å². The van der Waals surface area contributed by atoms with Crippen LogP contribution in [0.3, 0.4) is 0 Å². The number of hydrogen-bond acceptors (Lipinski definition) is 7. The van der Waals surface area contributed by atoms with Gasteiger partial charge in [0.05, 0.1) is 17.2 Å². The van der Waals surface area contributed by atoms with E-state index in [0.717, 1.165) is 22.3 Å². The summed E-state index contributed by atoms with van der Waals surface area (Å²) in [6.45, 7) is 6.26. The zero-order chi connectivity index (χ0) is 26.8. The third kappa shape index (κ3) is 5.12. The summed E-state index contributed by atoms with van der Waals surface area (Å²) in [5, 5.41) is 18.2. The van der Waals surface area contributed by atoms with Gasteiger partial charge in [0.2, 0.25) is 5.95 Å². The highest BCUT2D eigenvalue weighted by Gasteiger charge is 2.35. The number of anilines is 2. The van der Waals surface area contributed by atoms with Crippen LogP contribution < -0.4 is 20.1 Å². The van der Waals surface area contributed by atoms with E-state index in [9.17, 15) is 4.79 Å². The summed E-state index contributed by atoms with van der Waals surface area (Å²) in [6, 6.07) is 18.9. The molecule has 0 bridgehead atoms. The third-order valence-corrected chi connectivity index (χ3v) is 6.89. The summed E-state index contributed by atoms with van der Waals surface area (Å²) < 4.78 is 14.2. The Balaban J connectivity index is 1.51. The summed E-state index contributed by atoms with van der Waals surface area (Å²) in [6.07, 6.45) is 0. The molecule has 1 atom stereocenters. The first-order chi connectivity index (χ1) is 18.3. The van der Waals surface area contributed by atoms with Crippen molar-refractivity contribution in [3.63, 3.8) is 0 Å². The number of nitrogens with zero attached hydrogens (tertiary/aromatic N) is 4. The maximum absolute atomic E-state index is 13.6. The predicted octanol–water partition coefficient (Wildman–Crippen LogP) is 5.57. The number of halogens is 1. The van der Waals surface area contributed by atoms with Gasteiger partial charge < -0.3 is 20.1 Å². The van der Waals surface area contributed by atoms with Crippen molar-refractivity contribution in [1.29, 1.82) is 0 Å². The Hall–Kier alpha value is -4.18.